The lowest BCUT2D eigenvalue weighted by Gasteiger charge is -2.32. The summed E-state index contributed by atoms with van der Waals surface area (Å²) in [5, 5.41) is 9.70. The maximum atomic E-state index is 13.5. The first kappa shape index (κ1) is 27.6. The summed E-state index contributed by atoms with van der Waals surface area (Å²) in [5.74, 6) is 0.265. The number of sulfonamides is 1. The highest BCUT2D eigenvalue weighted by molar-refractivity contribution is 7.90. The first-order valence-corrected chi connectivity index (χ1v) is 12.8. The number of aryl methyl sites for hydroxylation is 2. The van der Waals surface area contributed by atoms with E-state index < -0.39 is 21.3 Å². The number of hydrogen-bond acceptors (Lipinski definition) is 3. The maximum absolute atomic E-state index is 13.5. The lowest BCUT2D eigenvalue weighted by atomic mass is 10.0. The molecule has 1 aromatic carbocycles. The highest BCUT2D eigenvalue weighted by Crippen LogP contribution is 2.22. The van der Waals surface area contributed by atoms with Gasteiger partial charge in [-0.3, -0.25) is 0 Å². The third-order valence-corrected chi connectivity index (χ3v) is 7.53. The summed E-state index contributed by atoms with van der Waals surface area (Å²) in [4.78, 5) is 0. The summed E-state index contributed by atoms with van der Waals surface area (Å²) in [5.41, 5.74) is 2.53. The zero-order valence-corrected chi connectivity index (χ0v) is 20.9. The first-order valence-electron chi connectivity index (χ1n) is 10.9. The predicted octanol–water partition coefficient (Wildman–Crippen LogP) is 5.61. The van der Waals surface area contributed by atoms with Crippen LogP contribution in [0, 0.1) is 12.8 Å². The number of hydrogen-bond donors (Lipinski definition) is 1. The Bertz CT molecular complexity index is 842. The van der Waals surface area contributed by atoms with Gasteiger partial charge < -0.3 is 5.11 Å². The van der Waals surface area contributed by atoms with E-state index >= 15 is 0 Å². The van der Waals surface area contributed by atoms with Gasteiger partial charge in [0.05, 0.1) is 6.61 Å². The second-order valence-corrected chi connectivity index (χ2v) is 11.0. The Labute approximate surface area is 194 Å². The number of allylic oxidation sites excluding steroid dienone is 3. The molecular weight excluding hydrogens is 430 g/mol. The van der Waals surface area contributed by atoms with Crippen LogP contribution in [0.5, 0.6) is 0 Å². The van der Waals surface area contributed by atoms with Gasteiger partial charge in [0.15, 0.2) is 0 Å². The van der Waals surface area contributed by atoms with Gasteiger partial charge in [0.25, 0.3) is 0 Å². The van der Waals surface area contributed by atoms with Gasteiger partial charge in [-0.2, -0.15) is 4.31 Å². The van der Waals surface area contributed by atoms with Crippen LogP contribution in [-0.2, 0) is 16.4 Å². The molecule has 0 heterocycles. The highest BCUT2D eigenvalue weighted by Gasteiger charge is 2.33. The average Bonchev–Trinajstić information content (AvgIpc) is 2.70. The molecule has 0 aromatic heterocycles. The Morgan fingerprint density at radius 1 is 1.26 bits per heavy atom. The monoisotopic (exact) mass is 467 g/mol. The van der Waals surface area contributed by atoms with E-state index in [2.05, 4.69) is 25.6 Å². The van der Waals surface area contributed by atoms with E-state index in [1.54, 1.807) is 25.2 Å². The largest absolute Gasteiger partial charge is 0.395 e. The van der Waals surface area contributed by atoms with Crippen molar-refractivity contribution in [3.63, 3.8) is 0 Å². The van der Waals surface area contributed by atoms with Crippen LogP contribution in [0.2, 0.25) is 0 Å². The molecule has 0 aliphatic heterocycles. The second-order valence-electron chi connectivity index (χ2n) is 8.34. The van der Waals surface area contributed by atoms with Gasteiger partial charge in [-0.05, 0) is 62.7 Å². The Hall–Kier alpha value is -1.40. The fourth-order valence-electron chi connectivity index (χ4n) is 3.57. The molecule has 0 aliphatic carbocycles. The fraction of sp³-hybridized carbons (Fsp3) is 0.520. The van der Waals surface area contributed by atoms with Crippen LogP contribution in [0.25, 0.3) is 0 Å². The van der Waals surface area contributed by atoms with Crippen molar-refractivity contribution in [1.29, 1.82) is 0 Å². The minimum Gasteiger partial charge on any atom is -0.395 e. The molecule has 0 bridgehead atoms. The van der Waals surface area contributed by atoms with Crippen LogP contribution in [-0.4, -0.2) is 42.3 Å². The summed E-state index contributed by atoms with van der Waals surface area (Å²) in [6, 6.07) is 7.80. The molecule has 1 rings (SSSR count). The van der Waals surface area contributed by atoms with Crippen LogP contribution in [0.1, 0.15) is 51.2 Å². The summed E-state index contributed by atoms with van der Waals surface area (Å²) in [6.07, 6.45) is 9.39. The Morgan fingerprint density at radius 2 is 1.94 bits per heavy atom. The third-order valence-electron chi connectivity index (χ3n) is 5.23. The van der Waals surface area contributed by atoms with E-state index in [0.717, 1.165) is 19.3 Å². The van der Waals surface area contributed by atoms with Crippen LogP contribution in [0.4, 0.5) is 0 Å². The number of halogens is 1. The predicted molar refractivity (Wildman–Crippen MR) is 133 cm³/mol. The topological polar surface area (TPSA) is 57.6 Å². The molecule has 6 heteroatoms. The van der Waals surface area contributed by atoms with E-state index in [-0.39, 0.29) is 12.5 Å². The van der Waals surface area contributed by atoms with E-state index in [4.69, 9.17) is 11.6 Å². The number of nitrogens with zero attached hydrogens (tertiary/aromatic N) is 1. The maximum Gasteiger partial charge on any atom is 0.224 e. The van der Waals surface area contributed by atoms with Crippen LogP contribution in [0.3, 0.4) is 0 Å². The van der Waals surface area contributed by atoms with Crippen molar-refractivity contribution in [1.82, 2.24) is 4.31 Å². The van der Waals surface area contributed by atoms with Gasteiger partial charge in [-0.15, -0.1) is 6.58 Å². The molecular formula is C25H38ClNO3S. The molecule has 1 aromatic rings. The molecule has 2 atom stereocenters. The lowest BCUT2D eigenvalue weighted by molar-refractivity contribution is 0.166. The number of rotatable bonds is 14. The van der Waals surface area contributed by atoms with Crippen molar-refractivity contribution in [2.75, 3.05) is 13.2 Å². The van der Waals surface area contributed by atoms with Gasteiger partial charge in [0.1, 0.15) is 5.25 Å². The molecule has 4 nitrogen and oxygen atoms in total. The zero-order chi connectivity index (χ0) is 23.4. The molecule has 0 saturated heterocycles. The Kier molecular flexibility index (Phi) is 12.4. The van der Waals surface area contributed by atoms with E-state index in [9.17, 15) is 13.5 Å². The third kappa shape index (κ3) is 9.32. The normalized spacial score (nSPS) is 15.0. The van der Waals surface area contributed by atoms with Crippen molar-refractivity contribution in [3.05, 3.63) is 71.3 Å². The quantitative estimate of drug-likeness (QED) is 0.220. The SMILES string of the molecule is C=CC(C=C/C=C(\C)Cl)S(=O)(=O)N(CCCCc1ccccc1C)C(CO)CC(C)C. The van der Waals surface area contributed by atoms with Crippen molar-refractivity contribution in [3.8, 4) is 0 Å². The standard InChI is InChI=1S/C25H38ClNO3S/c1-6-25(16-11-13-22(5)26)31(29,30)27(24(19-28)18-20(2)3)17-10-9-15-23-14-8-7-12-21(23)4/h6-8,11-14,16,20,24-25,28H,1,9-10,15,17-19H2,2-5H3/b16-11?,22-13+. The van der Waals surface area contributed by atoms with Gasteiger partial charge in [0, 0.05) is 17.6 Å². The smallest absolute Gasteiger partial charge is 0.224 e. The van der Waals surface area contributed by atoms with Gasteiger partial charge in [-0.25, -0.2) is 8.42 Å². The molecule has 1 N–H and O–H groups in total. The molecule has 2 unspecified atom stereocenters. The van der Waals surface area contributed by atoms with E-state index in [1.165, 1.54) is 21.5 Å². The molecule has 174 valence electrons. The van der Waals surface area contributed by atoms with Gasteiger partial charge in [0.2, 0.25) is 10.0 Å². The lowest BCUT2D eigenvalue weighted by Crippen LogP contribution is -2.47. The number of aliphatic hydroxyl groups excluding tert-OH is 1. The molecule has 0 radical (unpaired) electrons. The number of benzene rings is 1. The number of unbranched alkanes of at least 4 members (excludes halogenated alkanes) is 1. The van der Waals surface area contributed by atoms with Gasteiger partial charge >= 0.3 is 0 Å². The van der Waals surface area contributed by atoms with Crippen molar-refractivity contribution < 1.29 is 13.5 Å². The fourth-order valence-corrected chi connectivity index (χ4v) is 5.44. The highest BCUT2D eigenvalue weighted by atomic mass is 35.5. The van der Waals surface area contributed by atoms with Crippen molar-refractivity contribution in [2.45, 2.75) is 64.7 Å². The van der Waals surface area contributed by atoms with E-state index in [1.807, 2.05) is 26.0 Å². The van der Waals surface area contributed by atoms with Crippen molar-refractivity contribution in [2.24, 2.45) is 5.92 Å². The molecule has 0 spiro atoms. The summed E-state index contributed by atoms with van der Waals surface area (Å²) >= 11 is 5.85. The molecule has 31 heavy (non-hydrogen) atoms. The Morgan fingerprint density at radius 3 is 2.48 bits per heavy atom. The Balaban J connectivity index is 3.03. The second kappa shape index (κ2) is 13.9. The first-order chi connectivity index (χ1) is 14.6. The van der Waals surface area contributed by atoms with Crippen LogP contribution in [0.15, 0.2) is 60.2 Å². The average molecular weight is 468 g/mol. The zero-order valence-electron chi connectivity index (χ0n) is 19.3. The molecule has 0 saturated carbocycles. The number of aliphatic hydroxyl groups is 1. The molecule has 0 fully saturated rings. The summed E-state index contributed by atoms with van der Waals surface area (Å²) in [7, 11) is -3.73. The van der Waals surface area contributed by atoms with Gasteiger partial charge in [-0.1, -0.05) is 67.9 Å². The van der Waals surface area contributed by atoms with Crippen LogP contribution < -0.4 is 0 Å². The minimum absolute atomic E-state index is 0.205. The molecule has 0 aliphatic rings. The molecule has 0 amide bonds. The van der Waals surface area contributed by atoms with E-state index in [0.29, 0.717) is 18.0 Å². The summed E-state index contributed by atoms with van der Waals surface area (Å²) < 4.78 is 28.4. The van der Waals surface area contributed by atoms with Crippen molar-refractivity contribution >= 4 is 21.6 Å². The summed E-state index contributed by atoms with van der Waals surface area (Å²) in [6.45, 7) is 11.8. The van der Waals surface area contributed by atoms with Crippen LogP contribution >= 0.6 is 11.6 Å². The minimum atomic E-state index is -3.73.